The Morgan fingerprint density at radius 2 is 1.71 bits per heavy atom. The summed E-state index contributed by atoms with van der Waals surface area (Å²) >= 11 is 0. The largest absolute Gasteiger partial charge is 0.493 e. The molecule has 0 radical (unpaired) electrons. The van der Waals surface area contributed by atoms with Gasteiger partial charge < -0.3 is 19.1 Å². The maximum atomic E-state index is 6.11. The Morgan fingerprint density at radius 3 is 2.52 bits per heavy atom. The highest BCUT2D eigenvalue weighted by Crippen LogP contribution is 2.41. The first kappa shape index (κ1) is 23.9. The van der Waals surface area contributed by atoms with Gasteiger partial charge >= 0.3 is 0 Å². The molecular weight excluding hydrogens is 429 g/mol. The molecule has 2 aliphatic heterocycles. The van der Waals surface area contributed by atoms with E-state index >= 15 is 0 Å². The fourth-order valence-corrected chi connectivity index (χ4v) is 4.91. The number of nitrogens with zero attached hydrogens (tertiary/aromatic N) is 3. The predicted octanol–water partition coefficient (Wildman–Crippen LogP) is 5.03. The molecule has 3 aromatic rings. The average molecular weight is 462 g/mol. The molecule has 1 fully saturated rings. The number of piperazine rings is 1. The van der Waals surface area contributed by atoms with Gasteiger partial charge in [-0.05, 0) is 56.8 Å². The van der Waals surface area contributed by atoms with Gasteiger partial charge in [0.25, 0.3) is 0 Å². The standard InChI is InChI=1S/C25H31N3O.2ClH/c1-19-8-9-23-22(18-19)20-10-17-29-24-7-4-3-6-21(24)25(20)28(23)12-5-11-27-15-13-26(2)14-16-27;;/h3-4,6-9,18H,5,10-17H2,1-2H3;2*1H. The average Bonchev–Trinajstić information content (AvgIpc) is 2.90. The molecule has 0 N–H and O–H groups in total. The van der Waals surface area contributed by atoms with Crippen molar-refractivity contribution in [3.8, 4) is 17.0 Å². The first-order chi connectivity index (χ1) is 14.2. The van der Waals surface area contributed by atoms with E-state index in [1.807, 2.05) is 0 Å². The van der Waals surface area contributed by atoms with Gasteiger partial charge in [0.15, 0.2) is 0 Å². The van der Waals surface area contributed by atoms with Gasteiger partial charge in [-0.3, -0.25) is 0 Å². The molecule has 1 saturated heterocycles. The number of aryl methyl sites for hydroxylation is 2. The number of likely N-dealkylation sites (N-methyl/N-ethyl adjacent to an activating group) is 1. The van der Waals surface area contributed by atoms with E-state index in [-0.39, 0.29) is 24.8 Å². The zero-order valence-corrected chi connectivity index (χ0v) is 20.1. The van der Waals surface area contributed by atoms with E-state index in [1.54, 1.807) is 0 Å². The molecule has 0 amide bonds. The summed E-state index contributed by atoms with van der Waals surface area (Å²) in [6.07, 6.45) is 2.15. The van der Waals surface area contributed by atoms with Crippen molar-refractivity contribution in [3.63, 3.8) is 0 Å². The number of benzene rings is 2. The van der Waals surface area contributed by atoms with Crippen molar-refractivity contribution in [1.29, 1.82) is 0 Å². The van der Waals surface area contributed by atoms with Gasteiger partial charge in [0.2, 0.25) is 0 Å². The second kappa shape index (κ2) is 10.3. The van der Waals surface area contributed by atoms with Crippen LogP contribution in [0.15, 0.2) is 42.5 Å². The number of ether oxygens (including phenoxy) is 1. The van der Waals surface area contributed by atoms with E-state index in [1.165, 1.54) is 72.4 Å². The number of halogens is 2. The third-order valence-corrected chi connectivity index (χ3v) is 6.53. The van der Waals surface area contributed by atoms with Gasteiger partial charge in [-0.25, -0.2) is 0 Å². The van der Waals surface area contributed by atoms with Crippen molar-refractivity contribution < 1.29 is 4.74 Å². The number of hydrogen-bond acceptors (Lipinski definition) is 3. The van der Waals surface area contributed by atoms with Gasteiger partial charge in [-0.2, -0.15) is 0 Å². The van der Waals surface area contributed by atoms with Crippen molar-refractivity contribution >= 4 is 35.7 Å². The minimum absolute atomic E-state index is 0. The van der Waals surface area contributed by atoms with Crippen LogP contribution in [0, 0.1) is 6.92 Å². The van der Waals surface area contributed by atoms with Gasteiger partial charge in [-0.15, -0.1) is 24.8 Å². The summed E-state index contributed by atoms with van der Waals surface area (Å²) in [6.45, 7) is 9.92. The minimum Gasteiger partial charge on any atom is -0.493 e. The molecule has 31 heavy (non-hydrogen) atoms. The lowest BCUT2D eigenvalue weighted by molar-refractivity contribution is 0.151. The molecule has 168 valence electrons. The smallest absolute Gasteiger partial charge is 0.128 e. The predicted molar refractivity (Wildman–Crippen MR) is 134 cm³/mol. The van der Waals surface area contributed by atoms with E-state index in [9.17, 15) is 0 Å². The van der Waals surface area contributed by atoms with Crippen LogP contribution in [0.5, 0.6) is 5.75 Å². The number of hydrogen-bond donors (Lipinski definition) is 0. The van der Waals surface area contributed by atoms with Crippen molar-refractivity contribution in [2.24, 2.45) is 0 Å². The molecule has 1 aromatic heterocycles. The Hall–Kier alpha value is -1.72. The summed E-state index contributed by atoms with van der Waals surface area (Å²) < 4.78 is 8.67. The van der Waals surface area contributed by atoms with Crippen LogP contribution in [0.25, 0.3) is 22.2 Å². The fourth-order valence-electron chi connectivity index (χ4n) is 4.91. The Labute approximate surface area is 198 Å². The van der Waals surface area contributed by atoms with Crippen LogP contribution >= 0.6 is 24.8 Å². The Bertz CT molecular complexity index is 1030. The van der Waals surface area contributed by atoms with Crippen molar-refractivity contribution in [2.75, 3.05) is 46.4 Å². The molecule has 4 nitrogen and oxygen atoms in total. The summed E-state index contributed by atoms with van der Waals surface area (Å²) in [4.78, 5) is 5.04. The quantitative estimate of drug-likeness (QED) is 0.543. The molecule has 5 rings (SSSR count). The molecule has 2 aliphatic rings. The molecule has 0 aliphatic carbocycles. The lowest BCUT2D eigenvalue weighted by Gasteiger charge is -2.32. The first-order valence-corrected chi connectivity index (χ1v) is 11.0. The molecular formula is C25H33Cl2N3O. The summed E-state index contributed by atoms with van der Waals surface area (Å²) in [5, 5.41) is 1.40. The third kappa shape index (κ3) is 4.73. The maximum Gasteiger partial charge on any atom is 0.128 e. The highest BCUT2D eigenvalue weighted by Gasteiger charge is 2.23. The van der Waals surface area contributed by atoms with Crippen molar-refractivity contribution in [3.05, 3.63) is 53.6 Å². The first-order valence-electron chi connectivity index (χ1n) is 11.0. The van der Waals surface area contributed by atoms with Crippen LogP contribution in [-0.4, -0.2) is 60.7 Å². The lowest BCUT2D eigenvalue weighted by atomic mass is 10.0. The molecule has 0 spiro atoms. The molecule has 0 saturated carbocycles. The number of fused-ring (bicyclic) bond motifs is 5. The van der Waals surface area contributed by atoms with Crippen LogP contribution in [0.1, 0.15) is 17.5 Å². The van der Waals surface area contributed by atoms with Crippen LogP contribution in [-0.2, 0) is 13.0 Å². The SMILES string of the molecule is Cc1ccc2c(c1)c1c(n2CCCN2CCN(C)CC2)-c2ccccc2OCC1.Cl.Cl. The van der Waals surface area contributed by atoms with Crippen LogP contribution in [0.2, 0.25) is 0 Å². The van der Waals surface area contributed by atoms with Gasteiger partial charge in [0.1, 0.15) is 5.75 Å². The Kier molecular flexibility index (Phi) is 7.92. The van der Waals surface area contributed by atoms with Gasteiger partial charge in [-0.1, -0.05) is 23.8 Å². The lowest BCUT2D eigenvalue weighted by Crippen LogP contribution is -2.44. The zero-order valence-electron chi connectivity index (χ0n) is 18.5. The van der Waals surface area contributed by atoms with Crippen LogP contribution in [0.4, 0.5) is 0 Å². The van der Waals surface area contributed by atoms with E-state index < -0.39 is 0 Å². The molecule has 0 bridgehead atoms. The summed E-state index contributed by atoms with van der Waals surface area (Å²) in [7, 11) is 2.22. The summed E-state index contributed by atoms with van der Waals surface area (Å²) in [6, 6.07) is 15.5. The van der Waals surface area contributed by atoms with Crippen LogP contribution in [0.3, 0.4) is 0 Å². The molecule has 3 heterocycles. The highest BCUT2D eigenvalue weighted by molar-refractivity contribution is 5.93. The number of rotatable bonds is 4. The monoisotopic (exact) mass is 461 g/mol. The topological polar surface area (TPSA) is 20.6 Å². The highest BCUT2D eigenvalue weighted by atomic mass is 35.5. The molecule has 6 heteroatoms. The summed E-state index contributed by atoms with van der Waals surface area (Å²) in [5.74, 6) is 1.02. The van der Waals surface area contributed by atoms with E-state index in [2.05, 4.69) is 70.8 Å². The van der Waals surface area contributed by atoms with Crippen molar-refractivity contribution in [2.45, 2.75) is 26.3 Å². The van der Waals surface area contributed by atoms with Gasteiger partial charge in [0, 0.05) is 55.6 Å². The molecule has 2 aromatic carbocycles. The second-order valence-electron chi connectivity index (χ2n) is 8.59. The number of aromatic nitrogens is 1. The Balaban J connectivity index is 0.00000136. The van der Waals surface area contributed by atoms with Crippen molar-refractivity contribution in [1.82, 2.24) is 14.4 Å². The van der Waals surface area contributed by atoms with Gasteiger partial charge in [0.05, 0.1) is 12.3 Å². The fraction of sp³-hybridized carbons (Fsp3) is 0.440. The van der Waals surface area contributed by atoms with E-state index in [0.717, 1.165) is 25.3 Å². The minimum atomic E-state index is 0. The second-order valence-corrected chi connectivity index (χ2v) is 8.59. The number of para-hydroxylation sites is 1. The summed E-state index contributed by atoms with van der Waals surface area (Å²) in [5.41, 5.74) is 6.77. The molecule has 0 unspecified atom stereocenters. The molecule has 0 atom stereocenters. The zero-order chi connectivity index (χ0) is 19.8. The third-order valence-electron chi connectivity index (χ3n) is 6.53. The van der Waals surface area contributed by atoms with E-state index in [0.29, 0.717) is 0 Å². The van der Waals surface area contributed by atoms with Crippen LogP contribution < -0.4 is 4.74 Å². The Morgan fingerprint density at radius 1 is 0.935 bits per heavy atom. The van der Waals surface area contributed by atoms with E-state index in [4.69, 9.17) is 4.74 Å². The normalized spacial score (nSPS) is 16.5. The maximum absolute atomic E-state index is 6.11.